The molecule has 0 bridgehead atoms. The molecule has 9 nitrogen and oxygen atoms in total. The van der Waals surface area contributed by atoms with E-state index in [-0.39, 0.29) is 12.0 Å². The molecule has 0 spiro atoms. The van der Waals surface area contributed by atoms with Crippen molar-refractivity contribution >= 4 is 28.5 Å². The van der Waals surface area contributed by atoms with Crippen molar-refractivity contribution in [2.45, 2.75) is 18.9 Å². The van der Waals surface area contributed by atoms with E-state index in [4.69, 9.17) is 16.4 Å². The molecular weight excluding hydrogens is 428 g/mol. The van der Waals surface area contributed by atoms with Crippen LogP contribution < -0.4 is 14.5 Å². The number of fused-ring (bicyclic) bond motifs is 1. The lowest BCUT2D eigenvalue weighted by molar-refractivity contribution is -0.873. The molecule has 32 heavy (non-hydrogen) atoms. The summed E-state index contributed by atoms with van der Waals surface area (Å²) >= 11 is 6.29. The van der Waals surface area contributed by atoms with Crippen molar-refractivity contribution in [3.05, 3.63) is 54.3 Å². The lowest BCUT2D eigenvalue weighted by atomic mass is 9.96. The summed E-state index contributed by atoms with van der Waals surface area (Å²) < 4.78 is 3.53. The first-order valence-electron chi connectivity index (χ1n) is 10.4. The van der Waals surface area contributed by atoms with Crippen LogP contribution in [0.2, 0.25) is 5.15 Å². The summed E-state index contributed by atoms with van der Waals surface area (Å²) in [5.74, 6) is 1.15. The SMILES string of the molecule is CO[n+]1c(Cl)cccc1N1CCC(C(CC#N)n2cc(-c3ncnc4[nH]ccc34)cn2)C1. The topological polar surface area (TPSA) is 99.5 Å². The Kier molecular flexibility index (Phi) is 5.37. The zero-order valence-electron chi connectivity index (χ0n) is 17.5. The third-order valence-corrected chi connectivity index (χ3v) is 6.31. The number of hydrogen-bond acceptors (Lipinski definition) is 6. The number of nitriles is 1. The molecule has 1 aliphatic rings. The number of halogens is 1. The summed E-state index contributed by atoms with van der Waals surface area (Å²) in [4.78, 5) is 19.5. The van der Waals surface area contributed by atoms with Gasteiger partial charge in [-0.1, -0.05) is 0 Å². The second kappa shape index (κ2) is 8.48. The second-order valence-electron chi connectivity index (χ2n) is 7.78. The van der Waals surface area contributed by atoms with Gasteiger partial charge in [-0.05, 0) is 34.9 Å². The molecule has 0 saturated carbocycles. The summed E-state index contributed by atoms with van der Waals surface area (Å²) in [6.45, 7) is 1.63. The van der Waals surface area contributed by atoms with Crippen molar-refractivity contribution in [3.8, 4) is 17.3 Å². The van der Waals surface area contributed by atoms with Gasteiger partial charge < -0.3 is 9.82 Å². The number of nitrogens with zero attached hydrogens (tertiary/aromatic N) is 7. The van der Waals surface area contributed by atoms with Crippen LogP contribution in [0.1, 0.15) is 18.9 Å². The van der Waals surface area contributed by atoms with Crippen molar-refractivity contribution in [2.24, 2.45) is 5.92 Å². The Hall–Kier alpha value is -3.64. The maximum Gasteiger partial charge on any atom is 0.318 e. The van der Waals surface area contributed by atoms with Crippen molar-refractivity contribution < 1.29 is 9.57 Å². The Labute approximate surface area is 189 Å². The molecule has 1 fully saturated rings. The molecular formula is C22H22ClN8O+. The molecule has 10 heteroatoms. The maximum absolute atomic E-state index is 9.53. The number of nitrogens with one attached hydrogen (secondary N) is 1. The van der Waals surface area contributed by atoms with Crippen molar-refractivity contribution in [1.29, 1.82) is 5.26 Å². The first kappa shape index (κ1) is 20.3. The fraction of sp³-hybridized carbons (Fsp3) is 0.318. The van der Waals surface area contributed by atoms with Crippen LogP contribution in [0, 0.1) is 17.2 Å². The molecule has 0 radical (unpaired) electrons. The van der Waals surface area contributed by atoms with Crippen LogP contribution in [0.15, 0.2) is 49.2 Å². The summed E-state index contributed by atoms with van der Waals surface area (Å²) in [6, 6.07) is 9.95. The van der Waals surface area contributed by atoms with Gasteiger partial charge in [-0.25, -0.2) is 9.97 Å². The quantitative estimate of drug-likeness (QED) is 0.359. The van der Waals surface area contributed by atoms with E-state index in [2.05, 4.69) is 31.0 Å². The highest BCUT2D eigenvalue weighted by molar-refractivity contribution is 6.28. The molecule has 5 heterocycles. The van der Waals surface area contributed by atoms with E-state index in [0.717, 1.165) is 47.6 Å². The van der Waals surface area contributed by atoms with E-state index >= 15 is 0 Å². The fourth-order valence-electron chi connectivity index (χ4n) is 4.50. The summed E-state index contributed by atoms with van der Waals surface area (Å²) in [5, 5.41) is 15.6. The van der Waals surface area contributed by atoms with Crippen LogP contribution >= 0.6 is 11.6 Å². The van der Waals surface area contributed by atoms with Crippen LogP contribution in [-0.2, 0) is 0 Å². The van der Waals surface area contributed by atoms with Crippen LogP contribution in [0.4, 0.5) is 5.82 Å². The van der Waals surface area contributed by atoms with Gasteiger partial charge in [0.15, 0.2) is 0 Å². The number of rotatable bonds is 6. The van der Waals surface area contributed by atoms with Gasteiger partial charge in [-0.3, -0.25) is 9.58 Å². The van der Waals surface area contributed by atoms with Gasteiger partial charge in [-0.15, -0.1) is 0 Å². The van der Waals surface area contributed by atoms with Crippen LogP contribution in [0.25, 0.3) is 22.3 Å². The molecule has 2 atom stereocenters. The number of anilines is 1. The minimum atomic E-state index is -0.0440. The van der Waals surface area contributed by atoms with Gasteiger partial charge in [0, 0.05) is 41.4 Å². The molecule has 4 aromatic rings. The highest BCUT2D eigenvalue weighted by Crippen LogP contribution is 2.33. The van der Waals surface area contributed by atoms with Crippen molar-refractivity contribution in [2.75, 3.05) is 25.1 Å². The lowest BCUT2D eigenvalue weighted by Gasteiger charge is -2.20. The number of aromatic nitrogens is 6. The average Bonchev–Trinajstić information content (AvgIpc) is 3.57. The minimum Gasteiger partial charge on any atom is -0.346 e. The molecule has 0 amide bonds. The third kappa shape index (κ3) is 3.52. The predicted octanol–water partition coefficient (Wildman–Crippen LogP) is 2.80. The van der Waals surface area contributed by atoms with E-state index in [9.17, 15) is 5.26 Å². The Morgan fingerprint density at radius 3 is 3.12 bits per heavy atom. The predicted molar refractivity (Wildman–Crippen MR) is 119 cm³/mol. The average molecular weight is 450 g/mol. The van der Waals surface area contributed by atoms with E-state index in [1.54, 1.807) is 24.2 Å². The first-order chi connectivity index (χ1) is 15.7. The van der Waals surface area contributed by atoms with Gasteiger partial charge in [0.2, 0.25) is 5.15 Å². The second-order valence-corrected chi connectivity index (χ2v) is 8.17. The normalized spacial score (nSPS) is 16.9. The van der Waals surface area contributed by atoms with Gasteiger partial charge in [0.25, 0.3) is 0 Å². The molecule has 1 N–H and O–H groups in total. The van der Waals surface area contributed by atoms with Crippen LogP contribution in [-0.4, -0.2) is 44.9 Å². The van der Waals surface area contributed by atoms with Crippen molar-refractivity contribution in [3.63, 3.8) is 0 Å². The Morgan fingerprint density at radius 2 is 2.28 bits per heavy atom. The first-order valence-corrected chi connectivity index (χ1v) is 10.8. The van der Waals surface area contributed by atoms with E-state index in [1.165, 1.54) is 0 Å². The number of pyridine rings is 1. The number of H-pyrrole nitrogens is 1. The van der Waals surface area contributed by atoms with Gasteiger partial charge in [0.05, 0.1) is 43.5 Å². The van der Waals surface area contributed by atoms with Crippen molar-refractivity contribution in [1.82, 2.24) is 24.7 Å². The monoisotopic (exact) mass is 449 g/mol. The summed E-state index contributed by atoms with van der Waals surface area (Å²) in [6.07, 6.45) is 8.50. The highest BCUT2D eigenvalue weighted by atomic mass is 35.5. The Bertz CT molecular complexity index is 1290. The van der Waals surface area contributed by atoms with Gasteiger partial charge >= 0.3 is 5.82 Å². The van der Waals surface area contributed by atoms with Crippen LogP contribution in [0.5, 0.6) is 0 Å². The molecule has 0 aliphatic carbocycles. The molecule has 2 unspecified atom stereocenters. The molecule has 0 aromatic carbocycles. The largest absolute Gasteiger partial charge is 0.346 e. The fourth-order valence-corrected chi connectivity index (χ4v) is 4.72. The molecule has 1 aliphatic heterocycles. The van der Waals surface area contributed by atoms with Gasteiger partial charge in [0.1, 0.15) is 19.1 Å². The minimum absolute atomic E-state index is 0.0440. The molecule has 4 aromatic heterocycles. The Morgan fingerprint density at radius 1 is 1.38 bits per heavy atom. The maximum atomic E-state index is 9.53. The smallest absolute Gasteiger partial charge is 0.318 e. The molecule has 5 rings (SSSR count). The Balaban J connectivity index is 1.41. The zero-order chi connectivity index (χ0) is 22.1. The highest BCUT2D eigenvalue weighted by Gasteiger charge is 2.37. The van der Waals surface area contributed by atoms with E-state index < -0.39 is 0 Å². The van der Waals surface area contributed by atoms with E-state index in [1.807, 2.05) is 41.5 Å². The summed E-state index contributed by atoms with van der Waals surface area (Å²) in [5.41, 5.74) is 2.52. The summed E-state index contributed by atoms with van der Waals surface area (Å²) in [7, 11) is 1.60. The zero-order valence-corrected chi connectivity index (χ0v) is 18.3. The lowest BCUT2D eigenvalue weighted by Crippen LogP contribution is -2.47. The third-order valence-electron chi connectivity index (χ3n) is 6.03. The van der Waals surface area contributed by atoms with E-state index in [0.29, 0.717) is 11.6 Å². The number of hydrogen-bond donors (Lipinski definition) is 1. The molecule has 1 saturated heterocycles. The standard InChI is InChI=1S/C22H22ClN8O/c1-32-31-19(23)3-2-4-20(31)29-10-7-15(12-29)18(5-8-24)30-13-16(11-28-30)21-17-6-9-25-22(17)27-14-26-21/h2-4,6,9,11,13-15,18H,5,7,10,12H2,1H3,(H,25,26,27)/q+1. The number of aromatic amines is 1. The van der Waals surface area contributed by atoms with Crippen LogP contribution in [0.3, 0.4) is 0 Å². The van der Waals surface area contributed by atoms with Gasteiger partial charge in [-0.2, -0.15) is 10.4 Å². The molecule has 162 valence electrons.